The van der Waals surface area contributed by atoms with Crippen LogP contribution in [0.2, 0.25) is 0 Å². The molecule has 1 aliphatic rings. The average molecular weight is 415 g/mol. The fourth-order valence-corrected chi connectivity index (χ4v) is 3.38. The molecule has 0 saturated heterocycles. The molecule has 5 heteroatoms. The summed E-state index contributed by atoms with van der Waals surface area (Å²) in [5.41, 5.74) is 1.59. The molecule has 0 amide bonds. The number of carbonyl (C=O) groups is 1. The van der Waals surface area contributed by atoms with Crippen LogP contribution in [0.1, 0.15) is 36.0 Å². The summed E-state index contributed by atoms with van der Waals surface area (Å²) < 4.78 is 6.50. The molecule has 0 radical (unpaired) electrons. The van der Waals surface area contributed by atoms with Gasteiger partial charge in [-0.25, -0.2) is 0 Å². The number of amidine groups is 1. The van der Waals surface area contributed by atoms with Crippen LogP contribution in [0.15, 0.2) is 58.0 Å². The van der Waals surface area contributed by atoms with Crippen LogP contribution in [0.25, 0.3) is 0 Å². The first-order valence-corrected chi connectivity index (χ1v) is 9.71. The molecular weight excluding hydrogens is 392 g/mol. The Hall–Kier alpha value is -2.14. The highest BCUT2D eigenvalue weighted by Crippen LogP contribution is 2.30. The Labute approximate surface area is 163 Å². The van der Waals surface area contributed by atoms with E-state index in [2.05, 4.69) is 15.9 Å². The number of ether oxygens (including phenoxy) is 1. The molecule has 1 aliphatic heterocycles. The molecule has 3 rings (SSSR count). The zero-order valence-corrected chi connectivity index (χ0v) is 16.5. The van der Waals surface area contributed by atoms with Gasteiger partial charge in [0.25, 0.3) is 0 Å². The van der Waals surface area contributed by atoms with Gasteiger partial charge < -0.3 is 9.64 Å². The molecule has 0 unspecified atom stereocenters. The van der Waals surface area contributed by atoms with Gasteiger partial charge in [0.2, 0.25) is 0 Å². The Kier molecular flexibility index (Phi) is 6.45. The number of rotatable bonds is 5. The van der Waals surface area contributed by atoms with Crippen molar-refractivity contribution in [3.05, 3.63) is 58.6 Å². The standard InChI is InChI=1S/C21H23BrN2O2/c1-26-20-8-5-4-7-18(20)24(21-9-3-2-6-14-23-21)15-19(25)16-10-12-17(22)13-11-16/h4-5,7-8,10-13H,2-3,6,9,14-15H2,1H3. The molecule has 136 valence electrons. The maximum atomic E-state index is 12.9. The van der Waals surface area contributed by atoms with E-state index in [0.717, 1.165) is 47.6 Å². The zero-order valence-electron chi connectivity index (χ0n) is 15.0. The highest BCUT2D eigenvalue weighted by molar-refractivity contribution is 9.10. The molecular formula is C21H23BrN2O2. The minimum atomic E-state index is 0.0651. The number of benzene rings is 2. The normalized spacial score (nSPS) is 14.3. The second-order valence-corrected chi connectivity index (χ2v) is 7.21. The third-order valence-corrected chi connectivity index (χ3v) is 5.04. The summed E-state index contributed by atoms with van der Waals surface area (Å²) in [5.74, 6) is 1.79. The van der Waals surface area contributed by atoms with Crippen LogP contribution in [-0.4, -0.2) is 31.8 Å². The zero-order chi connectivity index (χ0) is 18.4. The van der Waals surface area contributed by atoms with Gasteiger partial charge in [0, 0.05) is 23.0 Å². The summed E-state index contributed by atoms with van der Waals surface area (Å²) in [4.78, 5) is 19.7. The van der Waals surface area contributed by atoms with Gasteiger partial charge in [-0.05, 0) is 37.1 Å². The number of Topliss-reactive ketones (excluding diaryl/α,β-unsaturated/α-hetero) is 1. The highest BCUT2D eigenvalue weighted by atomic mass is 79.9. The number of para-hydroxylation sites is 2. The van der Waals surface area contributed by atoms with E-state index in [1.807, 2.05) is 53.4 Å². The molecule has 0 aliphatic carbocycles. The van der Waals surface area contributed by atoms with Crippen LogP contribution < -0.4 is 9.64 Å². The van der Waals surface area contributed by atoms with Crippen molar-refractivity contribution < 1.29 is 9.53 Å². The smallest absolute Gasteiger partial charge is 0.182 e. The molecule has 0 atom stereocenters. The maximum absolute atomic E-state index is 12.9. The van der Waals surface area contributed by atoms with E-state index in [0.29, 0.717) is 5.56 Å². The Morgan fingerprint density at radius 2 is 1.88 bits per heavy atom. The first-order valence-electron chi connectivity index (χ1n) is 8.91. The molecule has 2 aromatic rings. The summed E-state index contributed by atoms with van der Waals surface area (Å²) in [7, 11) is 1.66. The third kappa shape index (κ3) is 4.52. The topological polar surface area (TPSA) is 41.9 Å². The fraction of sp³-hybridized carbons (Fsp3) is 0.333. The number of hydrogen-bond acceptors (Lipinski definition) is 4. The van der Waals surface area contributed by atoms with Crippen molar-refractivity contribution in [2.24, 2.45) is 4.99 Å². The predicted molar refractivity (Wildman–Crippen MR) is 110 cm³/mol. The van der Waals surface area contributed by atoms with Crippen molar-refractivity contribution in [1.29, 1.82) is 0 Å². The number of ketones is 1. The largest absolute Gasteiger partial charge is 0.495 e. The molecule has 0 aromatic heterocycles. The Morgan fingerprint density at radius 3 is 2.65 bits per heavy atom. The Bertz CT molecular complexity index is 787. The number of nitrogens with zero attached hydrogens (tertiary/aromatic N) is 2. The molecule has 1 heterocycles. The SMILES string of the molecule is COc1ccccc1N(CC(=O)c1ccc(Br)cc1)C1=NCCCCC1. The lowest BCUT2D eigenvalue weighted by atomic mass is 10.1. The van der Waals surface area contributed by atoms with Crippen LogP contribution in [-0.2, 0) is 0 Å². The van der Waals surface area contributed by atoms with E-state index >= 15 is 0 Å². The second-order valence-electron chi connectivity index (χ2n) is 6.30. The molecule has 0 N–H and O–H groups in total. The second kappa shape index (κ2) is 8.99. The monoisotopic (exact) mass is 414 g/mol. The van der Waals surface area contributed by atoms with Gasteiger partial charge in [-0.15, -0.1) is 0 Å². The minimum Gasteiger partial charge on any atom is -0.495 e. The van der Waals surface area contributed by atoms with Crippen molar-refractivity contribution in [2.75, 3.05) is 25.1 Å². The number of aliphatic imine (C=N–C) groups is 1. The maximum Gasteiger partial charge on any atom is 0.182 e. The van der Waals surface area contributed by atoms with Crippen LogP contribution in [0, 0.1) is 0 Å². The van der Waals surface area contributed by atoms with Gasteiger partial charge in [0.05, 0.1) is 19.3 Å². The van der Waals surface area contributed by atoms with Gasteiger partial charge in [0.1, 0.15) is 11.6 Å². The Balaban J connectivity index is 1.93. The summed E-state index contributed by atoms with van der Waals surface area (Å²) >= 11 is 3.41. The van der Waals surface area contributed by atoms with E-state index < -0.39 is 0 Å². The number of halogens is 1. The lowest BCUT2D eigenvalue weighted by Gasteiger charge is -2.27. The van der Waals surface area contributed by atoms with E-state index in [-0.39, 0.29) is 12.3 Å². The highest BCUT2D eigenvalue weighted by Gasteiger charge is 2.22. The molecule has 0 fully saturated rings. The van der Waals surface area contributed by atoms with Gasteiger partial charge in [-0.2, -0.15) is 0 Å². The van der Waals surface area contributed by atoms with Crippen molar-refractivity contribution in [1.82, 2.24) is 0 Å². The van der Waals surface area contributed by atoms with Crippen LogP contribution in [0.5, 0.6) is 5.75 Å². The van der Waals surface area contributed by atoms with Crippen LogP contribution >= 0.6 is 15.9 Å². The van der Waals surface area contributed by atoms with E-state index in [1.165, 1.54) is 6.42 Å². The Morgan fingerprint density at radius 1 is 1.12 bits per heavy atom. The predicted octanol–water partition coefficient (Wildman–Crippen LogP) is 5.12. The lowest BCUT2D eigenvalue weighted by molar-refractivity contribution is 0.100. The minimum absolute atomic E-state index is 0.0651. The average Bonchev–Trinajstić information content (AvgIpc) is 2.96. The summed E-state index contributed by atoms with van der Waals surface area (Å²) in [6, 6.07) is 15.3. The van der Waals surface area contributed by atoms with Gasteiger partial charge in [0.15, 0.2) is 5.78 Å². The first-order chi connectivity index (χ1) is 12.7. The number of methoxy groups -OCH3 is 1. The third-order valence-electron chi connectivity index (χ3n) is 4.51. The molecule has 0 spiro atoms. The van der Waals surface area contributed by atoms with Gasteiger partial charge in [-0.3, -0.25) is 9.79 Å². The molecule has 4 nitrogen and oxygen atoms in total. The molecule has 2 aromatic carbocycles. The van der Waals surface area contributed by atoms with E-state index in [1.54, 1.807) is 7.11 Å². The number of carbonyl (C=O) groups excluding carboxylic acids is 1. The van der Waals surface area contributed by atoms with Crippen LogP contribution in [0.3, 0.4) is 0 Å². The first kappa shape index (κ1) is 18.6. The van der Waals surface area contributed by atoms with E-state index in [9.17, 15) is 4.79 Å². The summed E-state index contributed by atoms with van der Waals surface area (Å²) in [5, 5.41) is 0. The molecule has 0 bridgehead atoms. The number of hydrogen-bond donors (Lipinski definition) is 0. The number of anilines is 1. The van der Waals surface area contributed by atoms with E-state index in [4.69, 9.17) is 9.73 Å². The summed E-state index contributed by atoms with van der Waals surface area (Å²) in [6.45, 7) is 1.06. The van der Waals surface area contributed by atoms with Crippen LogP contribution in [0.4, 0.5) is 5.69 Å². The molecule has 0 saturated carbocycles. The lowest BCUT2D eigenvalue weighted by Crippen LogP contribution is -2.36. The van der Waals surface area contributed by atoms with Crippen molar-refractivity contribution >= 4 is 33.2 Å². The molecule has 26 heavy (non-hydrogen) atoms. The van der Waals surface area contributed by atoms with Crippen molar-refractivity contribution in [3.8, 4) is 5.75 Å². The van der Waals surface area contributed by atoms with Crippen molar-refractivity contribution in [2.45, 2.75) is 25.7 Å². The quantitative estimate of drug-likeness (QED) is 0.637. The fourth-order valence-electron chi connectivity index (χ4n) is 3.12. The van der Waals surface area contributed by atoms with Crippen molar-refractivity contribution in [3.63, 3.8) is 0 Å². The van der Waals surface area contributed by atoms with Gasteiger partial charge >= 0.3 is 0 Å². The van der Waals surface area contributed by atoms with Gasteiger partial charge in [-0.1, -0.05) is 46.6 Å². The summed E-state index contributed by atoms with van der Waals surface area (Å²) in [6.07, 6.45) is 4.25.